The molecule has 0 amide bonds. The number of rotatable bonds is 2. The van der Waals surface area contributed by atoms with E-state index in [2.05, 4.69) is 5.10 Å². The molecule has 7 nitrogen and oxygen atoms in total. The van der Waals surface area contributed by atoms with E-state index in [0.717, 1.165) is 30.4 Å². The average Bonchev–Trinajstić information content (AvgIpc) is 2.89. The standard InChI is InChI=1S/C12H15N5O2/c13-6-9(14)12-15-17(19)11-8-3-1-2-7(8)4-5-10(11)16(12)18/h4-5,9H,1-3,6,13-14H2. The zero-order valence-corrected chi connectivity index (χ0v) is 10.4. The third-order valence-corrected chi connectivity index (χ3v) is 3.63. The predicted molar refractivity (Wildman–Crippen MR) is 67.7 cm³/mol. The number of aromatic nitrogens is 3. The number of aryl methyl sites for hydroxylation is 2. The van der Waals surface area contributed by atoms with Gasteiger partial charge in [0.15, 0.2) is 0 Å². The summed E-state index contributed by atoms with van der Waals surface area (Å²) in [4.78, 5) is 0.513. The summed E-state index contributed by atoms with van der Waals surface area (Å²) in [5, 5.41) is 28.1. The SMILES string of the molecule is NCC(N)c1n[n+]([O-])c2c3c(ccc2[n+]1[O-])CCC3. The highest BCUT2D eigenvalue weighted by molar-refractivity contribution is 5.74. The van der Waals surface area contributed by atoms with Gasteiger partial charge in [-0.2, -0.15) is 0 Å². The second-order valence-corrected chi connectivity index (χ2v) is 4.79. The molecular formula is C12H15N5O2. The Morgan fingerprint density at radius 2 is 2.11 bits per heavy atom. The van der Waals surface area contributed by atoms with E-state index in [9.17, 15) is 10.4 Å². The minimum Gasteiger partial charge on any atom is -0.710 e. The summed E-state index contributed by atoms with van der Waals surface area (Å²) in [5.41, 5.74) is 13.9. The summed E-state index contributed by atoms with van der Waals surface area (Å²) in [6.45, 7) is 0.0612. The summed E-state index contributed by atoms with van der Waals surface area (Å²) in [5.74, 6) is -0.0389. The molecule has 0 aliphatic heterocycles. The number of benzene rings is 1. The van der Waals surface area contributed by atoms with Crippen molar-refractivity contribution >= 4 is 11.0 Å². The van der Waals surface area contributed by atoms with E-state index in [1.165, 1.54) is 0 Å². The lowest BCUT2D eigenvalue weighted by Crippen LogP contribution is -2.49. The van der Waals surface area contributed by atoms with Gasteiger partial charge in [-0.1, -0.05) is 6.07 Å². The summed E-state index contributed by atoms with van der Waals surface area (Å²) in [7, 11) is 0. The molecule has 2 aromatic rings. The first-order chi connectivity index (χ1) is 9.13. The predicted octanol–water partition coefficient (Wildman–Crippen LogP) is -1.05. The van der Waals surface area contributed by atoms with E-state index in [4.69, 9.17) is 11.5 Å². The smallest absolute Gasteiger partial charge is 0.395 e. The molecule has 19 heavy (non-hydrogen) atoms. The Labute approximate surface area is 109 Å². The summed E-state index contributed by atoms with van der Waals surface area (Å²) < 4.78 is 0.625. The molecule has 1 atom stereocenters. The normalized spacial score (nSPS) is 15.7. The fraction of sp³-hybridized carbons (Fsp3) is 0.417. The van der Waals surface area contributed by atoms with Crippen molar-refractivity contribution in [1.82, 2.24) is 5.10 Å². The van der Waals surface area contributed by atoms with Crippen LogP contribution < -0.4 is 21.0 Å². The monoisotopic (exact) mass is 261 g/mol. The first-order valence-corrected chi connectivity index (χ1v) is 6.27. The van der Waals surface area contributed by atoms with Gasteiger partial charge in [-0.3, -0.25) is 0 Å². The van der Waals surface area contributed by atoms with Crippen LogP contribution in [0.5, 0.6) is 0 Å². The maximum Gasteiger partial charge on any atom is 0.395 e. The molecule has 0 radical (unpaired) electrons. The second-order valence-electron chi connectivity index (χ2n) is 4.79. The molecule has 1 aliphatic rings. The molecule has 7 heteroatoms. The lowest BCUT2D eigenvalue weighted by molar-refractivity contribution is -0.686. The molecule has 0 saturated heterocycles. The number of fused-ring (bicyclic) bond motifs is 3. The molecule has 3 rings (SSSR count). The van der Waals surface area contributed by atoms with E-state index in [-0.39, 0.29) is 12.4 Å². The van der Waals surface area contributed by atoms with Gasteiger partial charge >= 0.3 is 11.3 Å². The van der Waals surface area contributed by atoms with Crippen LogP contribution in [-0.2, 0) is 12.8 Å². The molecule has 0 bridgehead atoms. The zero-order valence-electron chi connectivity index (χ0n) is 10.4. The number of nitrogens with two attached hydrogens (primary N) is 2. The fourth-order valence-corrected chi connectivity index (χ4v) is 2.65. The molecule has 100 valence electrons. The Bertz CT molecular complexity index is 658. The van der Waals surface area contributed by atoms with E-state index >= 15 is 0 Å². The van der Waals surface area contributed by atoms with Crippen molar-refractivity contribution in [3.63, 3.8) is 0 Å². The highest BCUT2D eigenvalue weighted by Gasteiger charge is 2.30. The largest absolute Gasteiger partial charge is 0.710 e. The molecular weight excluding hydrogens is 246 g/mol. The van der Waals surface area contributed by atoms with E-state index < -0.39 is 6.04 Å². The lowest BCUT2D eigenvalue weighted by atomic mass is 10.1. The van der Waals surface area contributed by atoms with E-state index in [1.54, 1.807) is 6.07 Å². The topological polar surface area (TPSA) is 119 Å². The van der Waals surface area contributed by atoms with Gasteiger partial charge < -0.3 is 21.9 Å². The van der Waals surface area contributed by atoms with E-state index in [1.807, 2.05) is 6.07 Å². The van der Waals surface area contributed by atoms with Crippen LogP contribution in [0.3, 0.4) is 0 Å². The van der Waals surface area contributed by atoms with Crippen molar-refractivity contribution in [2.45, 2.75) is 25.3 Å². The average molecular weight is 261 g/mol. The van der Waals surface area contributed by atoms with Crippen LogP contribution in [-0.4, -0.2) is 11.6 Å². The van der Waals surface area contributed by atoms with Crippen LogP contribution in [0.15, 0.2) is 12.1 Å². The van der Waals surface area contributed by atoms with Crippen molar-refractivity contribution in [2.75, 3.05) is 6.54 Å². The highest BCUT2D eigenvalue weighted by Crippen LogP contribution is 2.26. The van der Waals surface area contributed by atoms with Crippen molar-refractivity contribution in [1.29, 1.82) is 0 Å². The van der Waals surface area contributed by atoms with Gasteiger partial charge in [0.2, 0.25) is 10.6 Å². The Morgan fingerprint density at radius 3 is 2.84 bits per heavy atom. The summed E-state index contributed by atoms with van der Waals surface area (Å²) >= 11 is 0. The van der Waals surface area contributed by atoms with Gasteiger partial charge in [-0.15, -0.1) is 0 Å². The van der Waals surface area contributed by atoms with Crippen LogP contribution in [0.25, 0.3) is 11.0 Å². The highest BCUT2D eigenvalue weighted by atomic mass is 16.5. The maximum absolute atomic E-state index is 12.2. The minimum absolute atomic E-state index is 0.0389. The first kappa shape index (κ1) is 12.1. The van der Waals surface area contributed by atoms with Gasteiger partial charge in [0.25, 0.3) is 0 Å². The Morgan fingerprint density at radius 1 is 1.32 bits per heavy atom. The van der Waals surface area contributed by atoms with Gasteiger partial charge in [-0.05, 0) is 30.9 Å². The number of nitrogens with zero attached hydrogens (tertiary/aromatic N) is 3. The second kappa shape index (κ2) is 4.29. The molecule has 1 aliphatic carbocycles. The van der Waals surface area contributed by atoms with Gasteiger partial charge in [0.05, 0.1) is 4.85 Å². The molecule has 1 aromatic heterocycles. The van der Waals surface area contributed by atoms with Gasteiger partial charge in [-0.25, -0.2) is 4.73 Å². The van der Waals surface area contributed by atoms with Crippen molar-refractivity contribution in [3.8, 4) is 0 Å². The maximum atomic E-state index is 12.2. The Hall–Kier alpha value is -1.99. The Kier molecular flexibility index (Phi) is 2.72. The molecule has 0 saturated carbocycles. The molecule has 1 aromatic carbocycles. The lowest BCUT2D eigenvalue weighted by Gasteiger charge is -2.11. The zero-order chi connectivity index (χ0) is 13.6. The van der Waals surface area contributed by atoms with Crippen LogP contribution >= 0.6 is 0 Å². The molecule has 0 spiro atoms. The molecule has 1 heterocycles. The van der Waals surface area contributed by atoms with Gasteiger partial charge in [0.1, 0.15) is 6.04 Å². The minimum atomic E-state index is -0.740. The molecule has 4 N–H and O–H groups in total. The van der Waals surface area contributed by atoms with Crippen molar-refractivity contribution in [2.24, 2.45) is 11.5 Å². The van der Waals surface area contributed by atoms with Crippen molar-refractivity contribution in [3.05, 3.63) is 39.5 Å². The number of hydrogen-bond donors (Lipinski definition) is 2. The van der Waals surface area contributed by atoms with Crippen LogP contribution in [0, 0.1) is 10.4 Å². The third-order valence-electron chi connectivity index (χ3n) is 3.63. The van der Waals surface area contributed by atoms with Crippen molar-refractivity contribution < 1.29 is 9.58 Å². The first-order valence-electron chi connectivity index (χ1n) is 6.27. The third kappa shape index (κ3) is 1.70. The number of hydrogen-bond acceptors (Lipinski definition) is 5. The summed E-state index contributed by atoms with van der Waals surface area (Å²) in [6.07, 6.45) is 2.74. The molecule has 0 fully saturated rings. The van der Waals surface area contributed by atoms with Gasteiger partial charge in [0, 0.05) is 12.1 Å². The summed E-state index contributed by atoms with van der Waals surface area (Å²) in [6, 6.07) is 2.82. The van der Waals surface area contributed by atoms with E-state index in [0.29, 0.717) is 20.6 Å². The van der Waals surface area contributed by atoms with Crippen LogP contribution in [0.1, 0.15) is 29.4 Å². The van der Waals surface area contributed by atoms with Crippen LogP contribution in [0.2, 0.25) is 0 Å². The fourth-order valence-electron chi connectivity index (χ4n) is 2.65. The quantitative estimate of drug-likeness (QED) is 0.528. The van der Waals surface area contributed by atoms with Crippen LogP contribution in [0.4, 0.5) is 0 Å². The molecule has 1 unspecified atom stereocenters. The Balaban J connectivity index is 2.33.